The fourth-order valence-electron chi connectivity index (χ4n) is 3.16. The topological polar surface area (TPSA) is 78.9 Å². The molecule has 6 nitrogen and oxygen atoms in total. The van der Waals surface area contributed by atoms with Gasteiger partial charge in [-0.05, 0) is 12.5 Å². The number of esters is 2. The Kier molecular flexibility index (Phi) is 3.91. The summed E-state index contributed by atoms with van der Waals surface area (Å²) in [6, 6.07) is 0. The highest BCUT2D eigenvalue weighted by atomic mass is 16.6. The second-order valence-electron chi connectivity index (χ2n) is 6.28. The molecule has 4 atom stereocenters. The highest BCUT2D eigenvalue weighted by Gasteiger charge is 2.48. The van der Waals surface area contributed by atoms with Crippen molar-refractivity contribution in [3.63, 3.8) is 0 Å². The maximum absolute atomic E-state index is 12.1. The van der Waals surface area contributed by atoms with E-state index in [0.717, 1.165) is 0 Å². The Balaban J connectivity index is 1.97. The monoisotopic (exact) mass is 330 g/mol. The molecule has 0 aromatic carbocycles. The van der Waals surface area contributed by atoms with Gasteiger partial charge in [-0.15, -0.1) is 0 Å². The fourth-order valence-corrected chi connectivity index (χ4v) is 3.16. The van der Waals surface area contributed by atoms with Gasteiger partial charge in [-0.3, -0.25) is 4.79 Å². The summed E-state index contributed by atoms with van der Waals surface area (Å²) in [6.07, 6.45) is -0.326. The van der Waals surface area contributed by atoms with Gasteiger partial charge in [0.15, 0.2) is 11.9 Å². The van der Waals surface area contributed by atoms with Crippen molar-refractivity contribution in [2.24, 2.45) is 5.92 Å². The van der Waals surface area contributed by atoms with Crippen LogP contribution in [-0.4, -0.2) is 36.0 Å². The minimum absolute atomic E-state index is 0.113. The summed E-state index contributed by atoms with van der Waals surface area (Å²) in [4.78, 5) is 36.0. The van der Waals surface area contributed by atoms with Crippen LogP contribution < -0.4 is 0 Å². The summed E-state index contributed by atoms with van der Waals surface area (Å²) in [5, 5.41) is 0. The third-order valence-electron chi connectivity index (χ3n) is 4.43. The van der Waals surface area contributed by atoms with Gasteiger partial charge >= 0.3 is 11.9 Å². The van der Waals surface area contributed by atoms with E-state index in [9.17, 15) is 14.4 Å². The molecule has 0 saturated carbocycles. The SMILES string of the molecule is C=C(C)C(=O)O[C@@H]1C[C@H]2OC(=CC2=O)C(=C)C[C@H]2OC(=O)C(=C)[C@H]12. The molecule has 2 bridgehead atoms. The Morgan fingerprint density at radius 3 is 2.67 bits per heavy atom. The second kappa shape index (κ2) is 5.78. The molecule has 0 radical (unpaired) electrons. The van der Waals surface area contributed by atoms with Crippen molar-refractivity contribution in [1.82, 2.24) is 0 Å². The fraction of sp³-hybridized carbons (Fsp3) is 0.389. The van der Waals surface area contributed by atoms with Crippen LogP contribution in [0.25, 0.3) is 0 Å². The summed E-state index contributed by atoms with van der Waals surface area (Å²) in [5.41, 5.74) is 1.02. The summed E-state index contributed by atoms with van der Waals surface area (Å²) in [6.45, 7) is 12.8. The quantitative estimate of drug-likeness (QED) is 0.567. The molecule has 3 heterocycles. The van der Waals surface area contributed by atoms with Gasteiger partial charge in [0.1, 0.15) is 18.0 Å². The van der Waals surface area contributed by atoms with Crippen molar-refractivity contribution < 1.29 is 28.6 Å². The molecule has 126 valence electrons. The van der Waals surface area contributed by atoms with E-state index in [1.807, 2.05) is 0 Å². The van der Waals surface area contributed by atoms with Crippen LogP contribution >= 0.6 is 0 Å². The van der Waals surface area contributed by atoms with E-state index in [1.54, 1.807) is 0 Å². The van der Waals surface area contributed by atoms with Gasteiger partial charge in [0.25, 0.3) is 0 Å². The molecule has 0 aliphatic carbocycles. The number of carbonyl (C=O) groups excluding carboxylic acids is 3. The minimum atomic E-state index is -0.776. The average molecular weight is 330 g/mol. The lowest BCUT2D eigenvalue weighted by atomic mass is 9.84. The summed E-state index contributed by atoms with van der Waals surface area (Å²) in [5.74, 6) is -1.49. The Labute approximate surface area is 139 Å². The van der Waals surface area contributed by atoms with E-state index in [4.69, 9.17) is 14.2 Å². The summed E-state index contributed by atoms with van der Waals surface area (Å²) < 4.78 is 16.5. The Bertz CT molecular complexity index is 713. The zero-order valence-electron chi connectivity index (χ0n) is 13.4. The molecule has 0 unspecified atom stereocenters. The molecule has 0 amide bonds. The van der Waals surface area contributed by atoms with Gasteiger partial charge in [0.05, 0.1) is 5.92 Å². The first-order chi connectivity index (χ1) is 11.3. The van der Waals surface area contributed by atoms with Crippen LogP contribution in [0.4, 0.5) is 0 Å². The molecular weight excluding hydrogens is 312 g/mol. The molecule has 2 fully saturated rings. The van der Waals surface area contributed by atoms with E-state index in [2.05, 4.69) is 19.7 Å². The highest BCUT2D eigenvalue weighted by molar-refractivity contribution is 5.97. The van der Waals surface area contributed by atoms with E-state index >= 15 is 0 Å². The molecular formula is C18H18O6. The number of fused-ring (bicyclic) bond motifs is 3. The molecule has 0 spiro atoms. The number of rotatable bonds is 2. The van der Waals surface area contributed by atoms with E-state index in [0.29, 0.717) is 11.3 Å². The molecule has 0 N–H and O–H groups in total. The zero-order chi connectivity index (χ0) is 17.6. The standard InChI is InChI=1S/C18H18O6/c1-8(2)17(20)23-15-7-13-11(19)6-12(22-13)9(3)5-14-16(15)10(4)18(21)24-14/h6,13-16H,1,3-5,7H2,2H3/t13-,14-,15-,16+/m1/s1. The van der Waals surface area contributed by atoms with Crippen LogP contribution in [0.3, 0.4) is 0 Å². The minimum Gasteiger partial charge on any atom is -0.482 e. The molecule has 3 rings (SSSR count). The van der Waals surface area contributed by atoms with Gasteiger partial charge in [-0.2, -0.15) is 0 Å². The largest absolute Gasteiger partial charge is 0.482 e. The van der Waals surface area contributed by atoms with Crippen LogP contribution in [0.5, 0.6) is 0 Å². The number of ether oxygens (including phenoxy) is 3. The molecule has 6 heteroatoms. The first-order valence-corrected chi connectivity index (χ1v) is 7.64. The van der Waals surface area contributed by atoms with Crippen molar-refractivity contribution in [3.8, 4) is 0 Å². The number of allylic oxidation sites excluding steroid dienone is 1. The third-order valence-corrected chi connectivity index (χ3v) is 4.43. The van der Waals surface area contributed by atoms with Crippen molar-refractivity contribution >= 4 is 17.7 Å². The third kappa shape index (κ3) is 2.68. The maximum Gasteiger partial charge on any atom is 0.334 e. The van der Waals surface area contributed by atoms with Crippen molar-refractivity contribution in [1.29, 1.82) is 0 Å². The first kappa shape index (κ1) is 16.2. The van der Waals surface area contributed by atoms with Gasteiger partial charge < -0.3 is 14.2 Å². The number of hydrogen-bond acceptors (Lipinski definition) is 6. The van der Waals surface area contributed by atoms with Crippen LogP contribution in [0.2, 0.25) is 0 Å². The number of carbonyl (C=O) groups is 3. The summed E-state index contributed by atoms with van der Waals surface area (Å²) >= 11 is 0. The van der Waals surface area contributed by atoms with Crippen molar-refractivity contribution in [2.45, 2.75) is 38.1 Å². The predicted octanol–water partition coefficient (Wildman–Crippen LogP) is 1.77. The van der Waals surface area contributed by atoms with Gasteiger partial charge in [-0.25, -0.2) is 9.59 Å². The van der Waals surface area contributed by atoms with Crippen molar-refractivity contribution in [3.05, 3.63) is 48.3 Å². The van der Waals surface area contributed by atoms with Crippen molar-refractivity contribution in [2.75, 3.05) is 0 Å². The number of hydrogen-bond donors (Lipinski definition) is 0. The Hall–Kier alpha value is -2.63. The zero-order valence-corrected chi connectivity index (χ0v) is 13.4. The molecule has 0 aromatic rings. The molecule has 3 aliphatic heterocycles. The smallest absolute Gasteiger partial charge is 0.334 e. The second-order valence-corrected chi connectivity index (χ2v) is 6.28. The van der Waals surface area contributed by atoms with E-state index < -0.39 is 36.2 Å². The van der Waals surface area contributed by atoms with E-state index in [1.165, 1.54) is 13.0 Å². The Morgan fingerprint density at radius 2 is 2.00 bits per heavy atom. The van der Waals surface area contributed by atoms with Gasteiger partial charge in [-0.1, -0.05) is 19.7 Å². The van der Waals surface area contributed by atoms with Crippen LogP contribution in [-0.2, 0) is 28.6 Å². The Morgan fingerprint density at radius 1 is 1.29 bits per heavy atom. The normalized spacial score (nSPS) is 32.0. The average Bonchev–Trinajstić information content (AvgIpc) is 3.00. The highest BCUT2D eigenvalue weighted by Crippen LogP contribution is 2.40. The van der Waals surface area contributed by atoms with E-state index in [-0.39, 0.29) is 29.8 Å². The molecule has 3 aliphatic rings. The van der Waals surface area contributed by atoms with Crippen LogP contribution in [0, 0.1) is 5.92 Å². The lowest BCUT2D eigenvalue weighted by molar-refractivity contribution is -0.150. The van der Waals surface area contributed by atoms with Gasteiger partial charge in [0, 0.05) is 30.1 Å². The predicted molar refractivity (Wildman–Crippen MR) is 83.5 cm³/mol. The van der Waals surface area contributed by atoms with Gasteiger partial charge in [0.2, 0.25) is 0 Å². The van der Waals surface area contributed by atoms with Crippen LogP contribution in [0.15, 0.2) is 48.3 Å². The lowest BCUT2D eigenvalue weighted by Crippen LogP contribution is -2.37. The lowest BCUT2D eigenvalue weighted by Gasteiger charge is -2.27. The first-order valence-electron chi connectivity index (χ1n) is 7.64. The molecule has 24 heavy (non-hydrogen) atoms. The molecule has 2 saturated heterocycles. The summed E-state index contributed by atoms with van der Waals surface area (Å²) in [7, 11) is 0. The maximum atomic E-state index is 12.1. The molecule has 0 aromatic heterocycles. The van der Waals surface area contributed by atoms with Crippen LogP contribution in [0.1, 0.15) is 19.8 Å². The number of ketones is 1.